The van der Waals surface area contributed by atoms with Crippen molar-refractivity contribution >= 4 is 11.6 Å². The van der Waals surface area contributed by atoms with Crippen molar-refractivity contribution in [2.75, 3.05) is 13.1 Å². The number of likely N-dealkylation sites (tertiary alicyclic amines) is 1. The molecule has 4 rings (SSSR count). The molecule has 1 amide bonds. The lowest BCUT2D eigenvalue weighted by atomic mass is 10.0. The number of non-ortho nitro benzene ring substituents is 1. The van der Waals surface area contributed by atoms with E-state index in [0.717, 1.165) is 43.5 Å². The van der Waals surface area contributed by atoms with Crippen LogP contribution >= 0.6 is 0 Å². The molecule has 1 aromatic heterocycles. The SMILES string of the molecule is Cc1ccc(-c2cc(C(=O)N3CCCCC3)n(-c3ccc([N+](=O)[O-])cc3)n2)cc1C. The van der Waals surface area contributed by atoms with E-state index in [9.17, 15) is 14.9 Å². The van der Waals surface area contributed by atoms with Crippen molar-refractivity contribution in [1.82, 2.24) is 14.7 Å². The molecule has 1 fully saturated rings. The van der Waals surface area contributed by atoms with E-state index in [1.165, 1.54) is 17.7 Å². The van der Waals surface area contributed by atoms with Crippen molar-refractivity contribution in [2.45, 2.75) is 33.1 Å². The molecule has 0 atom stereocenters. The third kappa shape index (κ3) is 3.83. The zero-order valence-electron chi connectivity index (χ0n) is 17.2. The number of hydrogen-bond donors (Lipinski definition) is 0. The molecule has 0 unspecified atom stereocenters. The maximum absolute atomic E-state index is 13.3. The van der Waals surface area contributed by atoms with E-state index in [0.29, 0.717) is 17.1 Å². The second kappa shape index (κ2) is 8.10. The number of aromatic nitrogens is 2. The van der Waals surface area contributed by atoms with Gasteiger partial charge >= 0.3 is 0 Å². The fourth-order valence-electron chi connectivity index (χ4n) is 3.75. The van der Waals surface area contributed by atoms with Crippen molar-refractivity contribution in [3.8, 4) is 16.9 Å². The highest BCUT2D eigenvalue weighted by atomic mass is 16.6. The Kier molecular flexibility index (Phi) is 5.35. The van der Waals surface area contributed by atoms with Crippen LogP contribution in [0.25, 0.3) is 16.9 Å². The Hall–Kier alpha value is -3.48. The molecular formula is C23H24N4O3. The van der Waals surface area contributed by atoms with E-state index in [-0.39, 0.29) is 11.6 Å². The summed E-state index contributed by atoms with van der Waals surface area (Å²) in [4.78, 5) is 25.7. The summed E-state index contributed by atoms with van der Waals surface area (Å²) in [6.45, 7) is 5.58. The van der Waals surface area contributed by atoms with Gasteiger partial charge in [0, 0.05) is 30.8 Å². The molecular weight excluding hydrogens is 380 g/mol. The van der Waals surface area contributed by atoms with E-state index < -0.39 is 4.92 Å². The fraction of sp³-hybridized carbons (Fsp3) is 0.304. The van der Waals surface area contributed by atoms with E-state index in [1.807, 2.05) is 30.0 Å². The smallest absolute Gasteiger partial charge is 0.272 e. The minimum Gasteiger partial charge on any atom is -0.337 e. The largest absolute Gasteiger partial charge is 0.337 e. The summed E-state index contributed by atoms with van der Waals surface area (Å²) in [7, 11) is 0. The molecule has 1 aliphatic heterocycles. The van der Waals surface area contributed by atoms with Crippen LogP contribution in [0.15, 0.2) is 48.5 Å². The second-order valence-electron chi connectivity index (χ2n) is 7.75. The number of hydrogen-bond acceptors (Lipinski definition) is 4. The second-order valence-corrected chi connectivity index (χ2v) is 7.75. The van der Waals surface area contributed by atoms with Crippen LogP contribution < -0.4 is 0 Å². The third-order valence-electron chi connectivity index (χ3n) is 5.68. The Labute approximate surface area is 175 Å². The average Bonchev–Trinajstić information content (AvgIpc) is 3.21. The lowest BCUT2D eigenvalue weighted by Crippen LogP contribution is -2.36. The van der Waals surface area contributed by atoms with Crippen molar-refractivity contribution in [1.29, 1.82) is 0 Å². The van der Waals surface area contributed by atoms with Crippen LogP contribution in [0.4, 0.5) is 5.69 Å². The van der Waals surface area contributed by atoms with Gasteiger partial charge in [-0.1, -0.05) is 12.1 Å². The Morgan fingerprint density at radius 3 is 2.30 bits per heavy atom. The van der Waals surface area contributed by atoms with E-state index in [1.54, 1.807) is 16.8 Å². The molecule has 2 aromatic carbocycles. The molecule has 7 heteroatoms. The first-order valence-corrected chi connectivity index (χ1v) is 10.2. The number of rotatable bonds is 4. The van der Waals surface area contributed by atoms with Crippen LogP contribution in [0, 0.1) is 24.0 Å². The molecule has 3 aromatic rings. The fourth-order valence-corrected chi connectivity index (χ4v) is 3.75. The summed E-state index contributed by atoms with van der Waals surface area (Å²) in [6, 6.07) is 14.0. The van der Waals surface area contributed by atoms with E-state index in [4.69, 9.17) is 5.10 Å². The number of aryl methyl sites for hydroxylation is 2. The molecule has 154 valence electrons. The van der Waals surface area contributed by atoms with Crippen LogP contribution in [0.5, 0.6) is 0 Å². The predicted molar refractivity (Wildman–Crippen MR) is 115 cm³/mol. The summed E-state index contributed by atoms with van der Waals surface area (Å²) in [5.41, 5.74) is 5.09. The maximum Gasteiger partial charge on any atom is 0.272 e. The summed E-state index contributed by atoms with van der Waals surface area (Å²) < 4.78 is 1.60. The van der Waals surface area contributed by atoms with Crippen molar-refractivity contribution < 1.29 is 9.72 Å². The average molecular weight is 404 g/mol. The molecule has 0 bridgehead atoms. The molecule has 0 aliphatic carbocycles. The highest BCUT2D eigenvalue weighted by Crippen LogP contribution is 2.26. The van der Waals surface area contributed by atoms with Gasteiger partial charge < -0.3 is 4.90 Å². The van der Waals surface area contributed by atoms with E-state index >= 15 is 0 Å². The summed E-state index contributed by atoms with van der Waals surface area (Å²) >= 11 is 0. The van der Waals surface area contributed by atoms with Crippen LogP contribution in [0.1, 0.15) is 40.9 Å². The predicted octanol–water partition coefficient (Wildman–Crippen LogP) is 4.69. The molecule has 0 spiro atoms. The number of nitro benzene ring substituents is 1. The van der Waals surface area contributed by atoms with Crippen molar-refractivity contribution in [3.63, 3.8) is 0 Å². The number of nitrogens with zero attached hydrogens (tertiary/aromatic N) is 4. The Morgan fingerprint density at radius 1 is 0.967 bits per heavy atom. The normalized spacial score (nSPS) is 14.0. The molecule has 0 N–H and O–H groups in total. The number of amides is 1. The summed E-state index contributed by atoms with van der Waals surface area (Å²) in [5, 5.41) is 15.7. The molecule has 7 nitrogen and oxygen atoms in total. The molecule has 1 aliphatic rings. The van der Waals surface area contributed by atoms with Crippen LogP contribution in [-0.4, -0.2) is 38.6 Å². The molecule has 0 saturated carbocycles. The van der Waals surface area contributed by atoms with Gasteiger partial charge in [-0.25, -0.2) is 4.68 Å². The van der Waals surface area contributed by atoms with Gasteiger partial charge in [0.15, 0.2) is 0 Å². The van der Waals surface area contributed by atoms with Gasteiger partial charge in [-0.05, 0) is 68.5 Å². The van der Waals surface area contributed by atoms with Crippen LogP contribution in [0.2, 0.25) is 0 Å². The number of benzene rings is 2. The first kappa shape index (κ1) is 19.8. The minimum atomic E-state index is -0.437. The van der Waals surface area contributed by atoms with Gasteiger partial charge in [-0.3, -0.25) is 14.9 Å². The topological polar surface area (TPSA) is 81.3 Å². The van der Waals surface area contributed by atoms with Crippen molar-refractivity contribution in [3.05, 3.63) is 75.5 Å². The summed E-state index contributed by atoms with van der Waals surface area (Å²) in [6.07, 6.45) is 3.14. The Balaban J connectivity index is 1.79. The Morgan fingerprint density at radius 2 is 1.67 bits per heavy atom. The first-order chi connectivity index (χ1) is 14.4. The quantitative estimate of drug-likeness (QED) is 0.467. The van der Waals surface area contributed by atoms with Gasteiger partial charge in [-0.2, -0.15) is 5.10 Å². The standard InChI is InChI=1S/C23H24N4O3/c1-16-6-7-18(14-17(16)2)21-15-22(23(28)25-12-4-3-5-13-25)26(24-21)19-8-10-20(11-9-19)27(29)30/h6-11,14-15H,3-5,12-13H2,1-2H3. The number of piperidine rings is 1. The lowest BCUT2D eigenvalue weighted by Gasteiger charge is -2.26. The maximum atomic E-state index is 13.3. The van der Waals surface area contributed by atoms with Gasteiger partial charge in [0.25, 0.3) is 11.6 Å². The number of carbonyl (C=O) groups is 1. The van der Waals surface area contributed by atoms with Gasteiger partial charge in [-0.15, -0.1) is 0 Å². The van der Waals surface area contributed by atoms with Gasteiger partial charge in [0.2, 0.25) is 0 Å². The lowest BCUT2D eigenvalue weighted by molar-refractivity contribution is -0.384. The minimum absolute atomic E-state index is 0.00389. The molecule has 0 radical (unpaired) electrons. The molecule has 30 heavy (non-hydrogen) atoms. The highest BCUT2D eigenvalue weighted by molar-refractivity contribution is 5.94. The molecule has 2 heterocycles. The van der Waals surface area contributed by atoms with Crippen molar-refractivity contribution in [2.24, 2.45) is 0 Å². The van der Waals surface area contributed by atoms with Gasteiger partial charge in [0.05, 0.1) is 16.3 Å². The first-order valence-electron chi connectivity index (χ1n) is 10.2. The third-order valence-corrected chi connectivity index (χ3v) is 5.68. The van der Waals surface area contributed by atoms with Crippen LogP contribution in [0.3, 0.4) is 0 Å². The zero-order valence-corrected chi connectivity index (χ0v) is 17.2. The highest BCUT2D eigenvalue weighted by Gasteiger charge is 2.24. The monoisotopic (exact) mass is 404 g/mol. The molecule has 1 saturated heterocycles. The Bertz CT molecular complexity index is 1100. The number of carbonyl (C=O) groups excluding carboxylic acids is 1. The zero-order chi connectivity index (χ0) is 21.3. The van der Waals surface area contributed by atoms with E-state index in [2.05, 4.69) is 13.0 Å². The van der Waals surface area contributed by atoms with Crippen LogP contribution in [-0.2, 0) is 0 Å². The number of nitro groups is 1. The summed E-state index contributed by atoms with van der Waals surface area (Å²) in [5.74, 6) is -0.0596. The van der Waals surface area contributed by atoms with Gasteiger partial charge in [0.1, 0.15) is 5.69 Å².